The van der Waals surface area contributed by atoms with Gasteiger partial charge in [-0.2, -0.15) is 0 Å². The molecule has 0 fully saturated rings. The van der Waals surface area contributed by atoms with Gasteiger partial charge >= 0.3 is 0 Å². The van der Waals surface area contributed by atoms with Crippen LogP contribution in [0.3, 0.4) is 0 Å². The zero-order valence-electron chi connectivity index (χ0n) is 18.5. The van der Waals surface area contributed by atoms with Gasteiger partial charge < -0.3 is 5.73 Å². The second-order valence-corrected chi connectivity index (χ2v) is 8.98. The molecule has 0 aromatic heterocycles. The average molecular weight is 422 g/mol. The van der Waals surface area contributed by atoms with Crippen molar-refractivity contribution >= 4 is 27.9 Å². The van der Waals surface area contributed by atoms with Crippen LogP contribution in [0.25, 0.3) is 10.5 Å². The van der Waals surface area contributed by atoms with Gasteiger partial charge in [-0.05, 0) is 110 Å². The number of thioether (sulfide) groups is 1. The van der Waals surface area contributed by atoms with E-state index in [-0.39, 0.29) is 7.43 Å². The highest BCUT2D eigenvalue weighted by Crippen LogP contribution is 2.32. The largest absolute Gasteiger partial charge is 0.399 e. The first-order valence-electron chi connectivity index (χ1n) is 10.3. The quantitative estimate of drug-likeness (QED) is 0.305. The molecule has 1 aliphatic carbocycles. The third-order valence-electron chi connectivity index (χ3n) is 5.45. The second kappa shape index (κ2) is 11.9. The minimum atomic E-state index is 0. The summed E-state index contributed by atoms with van der Waals surface area (Å²) in [5, 5.41) is 0. The summed E-state index contributed by atoms with van der Waals surface area (Å²) in [6, 6.07) is 10.9. The Bertz CT molecular complexity index is 920. The lowest BCUT2D eigenvalue weighted by Gasteiger charge is -2.11. The molecule has 0 bridgehead atoms. The molecule has 3 rings (SSSR count). The van der Waals surface area contributed by atoms with Gasteiger partial charge in [-0.25, -0.2) is 0 Å². The van der Waals surface area contributed by atoms with E-state index in [4.69, 9.17) is 5.73 Å². The van der Waals surface area contributed by atoms with E-state index >= 15 is 0 Å². The lowest BCUT2D eigenvalue weighted by atomic mass is 9.97. The van der Waals surface area contributed by atoms with Gasteiger partial charge in [-0.3, -0.25) is 0 Å². The molecule has 2 aromatic rings. The molecule has 162 valence electrons. The summed E-state index contributed by atoms with van der Waals surface area (Å²) in [4.78, 5) is 1.14. The first-order valence-corrected chi connectivity index (χ1v) is 11.5. The van der Waals surface area contributed by atoms with E-state index in [1.54, 1.807) is 11.8 Å². The van der Waals surface area contributed by atoms with Gasteiger partial charge in [0.1, 0.15) is 0 Å². The SMILES string of the molecule is C.C=C(C)Cc1cc(C)c(N)cc1C.C=C(SC)c1ccc2c(c1)C(=C)CCCC2. The maximum Gasteiger partial charge on any atom is 0.0346 e. The molecule has 0 unspecified atom stereocenters. The number of benzene rings is 2. The molecule has 30 heavy (non-hydrogen) atoms. The van der Waals surface area contributed by atoms with Crippen LogP contribution in [-0.2, 0) is 12.8 Å². The van der Waals surface area contributed by atoms with Crippen molar-refractivity contribution in [1.29, 1.82) is 0 Å². The topological polar surface area (TPSA) is 26.0 Å². The van der Waals surface area contributed by atoms with Crippen LogP contribution < -0.4 is 5.73 Å². The number of aryl methyl sites for hydroxylation is 3. The number of rotatable bonds is 4. The van der Waals surface area contributed by atoms with Crippen molar-refractivity contribution in [3.05, 3.63) is 89.0 Å². The van der Waals surface area contributed by atoms with Gasteiger partial charge in [0.25, 0.3) is 0 Å². The Morgan fingerprint density at radius 1 is 1.03 bits per heavy atom. The van der Waals surface area contributed by atoms with Crippen molar-refractivity contribution in [2.75, 3.05) is 12.0 Å². The van der Waals surface area contributed by atoms with Gasteiger partial charge in [-0.1, -0.05) is 50.9 Å². The Hall–Kier alpha value is -2.19. The van der Waals surface area contributed by atoms with Gasteiger partial charge in [0.2, 0.25) is 0 Å². The summed E-state index contributed by atoms with van der Waals surface area (Å²) in [6.45, 7) is 18.4. The molecule has 1 nitrogen and oxygen atoms in total. The first kappa shape index (κ1) is 25.8. The van der Waals surface area contributed by atoms with Gasteiger partial charge in [0, 0.05) is 10.6 Å². The summed E-state index contributed by atoms with van der Waals surface area (Å²) < 4.78 is 0. The molecule has 2 heteroatoms. The summed E-state index contributed by atoms with van der Waals surface area (Å²) in [5.74, 6) is 0. The van der Waals surface area contributed by atoms with Crippen LogP contribution in [0.5, 0.6) is 0 Å². The molecule has 0 spiro atoms. The number of fused-ring (bicyclic) bond motifs is 1. The molecule has 0 amide bonds. The van der Waals surface area contributed by atoms with Crippen LogP contribution >= 0.6 is 11.8 Å². The Kier molecular flexibility index (Phi) is 10.2. The van der Waals surface area contributed by atoms with E-state index in [1.165, 1.54) is 58.2 Å². The van der Waals surface area contributed by atoms with E-state index in [2.05, 4.69) is 57.2 Å². The van der Waals surface area contributed by atoms with Crippen molar-refractivity contribution in [1.82, 2.24) is 0 Å². The molecule has 2 N–H and O–H groups in total. The fourth-order valence-corrected chi connectivity index (χ4v) is 3.98. The fraction of sp³-hybridized carbons (Fsp3) is 0.357. The predicted molar refractivity (Wildman–Crippen MR) is 141 cm³/mol. The van der Waals surface area contributed by atoms with Crippen molar-refractivity contribution in [2.24, 2.45) is 0 Å². The van der Waals surface area contributed by atoms with Crippen molar-refractivity contribution in [2.45, 2.75) is 60.3 Å². The van der Waals surface area contributed by atoms with E-state index < -0.39 is 0 Å². The van der Waals surface area contributed by atoms with E-state index in [1.807, 2.05) is 19.9 Å². The highest BCUT2D eigenvalue weighted by atomic mass is 32.2. The normalized spacial score (nSPS) is 12.6. The molecular formula is C28H39NS. The predicted octanol–water partition coefficient (Wildman–Crippen LogP) is 8.40. The number of nitrogen functional groups attached to an aromatic ring is 1. The Morgan fingerprint density at radius 2 is 1.70 bits per heavy atom. The van der Waals surface area contributed by atoms with E-state index in [0.717, 1.165) is 29.0 Å². The van der Waals surface area contributed by atoms with Gasteiger partial charge in [0.15, 0.2) is 0 Å². The molecule has 0 heterocycles. The summed E-state index contributed by atoms with van der Waals surface area (Å²) in [5.41, 5.74) is 17.0. The highest BCUT2D eigenvalue weighted by molar-refractivity contribution is 8.07. The number of allylic oxidation sites excluding steroid dienone is 2. The first-order chi connectivity index (χ1) is 13.7. The molecular weight excluding hydrogens is 382 g/mol. The summed E-state index contributed by atoms with van der Waals surface area (Å²) >= 11 is 1.71. The lowest BCUT2D eigenvalue weighted by Crippen LogP contribution is -1.96. The molecule has 0 atom stereocenters. The molecule has 1 aliphatic rings. The van der Waals surface area contributed by atoms with Crippen molar-refractivity contribution < 1.29 is 0 Å². The number of hydrogen-bond donors (Lipinski definition) is 1. The van der Waals surface area contributed by atoms with E-state index in [9.17, 15) is 0 Å². The van der Waals surface area contributed by atoms with Crippen molar-refractivity contribution in [3.63, 3.8) is 0 Å². The third kappa shape index (κ3) is 6.95. The third-order valence-corrected chi connectivity index (χ3v) is 6.18. The van der Waals surface area contributed by atoms with Gasteiger partial charge in [0.05, 0.1) is 0 Å². The van der Waals surface area contributed by atoms with Gasteiger partial charge in [-0.15, -0.1) is 11.8 Å². The molecule has 0 saturated heterocycles. The van der Waals surface area contributed by atoms with Crippen LogP contribution in [0.2, 0.25) is 0 Å². The fourth-order valence-electron chi connectivity index (χ4n) is 3.62. The van der Waals surface area contributed by atoms with E-state index in [0.29, 0.717) is 0 Å². The van der Waals surface area contributed by atoms with Crippen LogP contribution in [0, 0.1) is 13.8 Å². The molecule has 0 aliphatic heterocycles. The smallest absolute Gasteiger partial charge is 0.0346 e. The number of hydrogen-bond acceptors (Lipinski definition) is 2. The Morgan fingerprint density at radius 3 is 2.33 bits per heavy atom. The average Bonchev–Trinajstić information content (AvgIpc) is 2.87. The van der Waals surface area contributed by atoms with Crippen LogP contribution in [0.1, 0.15) is 67.0 Å². The second-order valence-electron chi connectivity index (χ2n) is 8.08. The number of anilines is 1. The number of nitrogens with two attached hydrogens (primary N) is 1. The maximum atomic E-state index is 5.80. The zero-order chi connectivity index (χ0) is 21.6. The zero-order valence-corrected chi connectivity index (χ0v) is 19.3. The Labute approximate surface area is 189 Å². The molecule has 0 saturated carbocycles. The minimum absolute atomic E-state index is 0. The highest BCUT2D eigenvalue weighted by Gasteiger charge is 2.12. The van der Waals surface area contributed by atoms with Crippen LogP contribution in [-0.4, -0.2) is 6.26 Å². The maximum absolute atomic E-state index is 5.80. The molecule has 2 aromatic carbocycles. The minimum Gasteiger partial charge on any atom is -0.399 e. The summed E-state index contributed by atoms with van der Waals surface area (Å²) in [6.07, 6.45) is 7.92. The standard InChI is InChI=1S/C15H18S.C12H17N.CH4/c1-11-6-4-5-7-13-8-9-14(10-15(11)13)12(2)16-3;1-8(2)5-11-6-10(4)12(13)7-9(11)3;/h8-10H,1-2,4-7H2,3H3;6-7H,1,5,13H2,2-4H3;1H4. The lowest BCUT2D eigenvalue weighted by molar-refractivity contribution is 0.771. The monoisotopic (exact) mass is 421 g/mol. The Balaban J connectivity index is 0.000000297. The van der Waals surface area contributed by atoms with Crippen molar-refractivity contribution in [3.8, 4) is 0 Å². The van der Waals surface area contributed by atoms with Crippen LogP contribution in [0.4, 0.5) is 5.69 Å². The molecule has 0 radical (unpaired) electrons. The summed E-state index contributed by atoms with van der Waals surface area (Å²) in [7, 11) is 0. The van der Waals surface area contributed by atoms with Crippen LogP contribution in [0.15, 0.2) is 55.6 Å².